The molecule has 4 heterocycles. The molecule has 28 heavy (non-hydrogen) atoms. The molecular weight excluding hydrogens is 364 g/mol. The first-order chi connectivity index (χ1) is 13.6. The predicted molar refractivity (Wildman–Crippen MR) is 98.3 cm³/mol. The van der Waals surface area contributed by atoms with Gasteiger partial charge in [-0.3, -0.25) is 19.0 Å². The molecule has 0 aromatic carbocycles. The number of aromatic nitrogens is 2. The van der Waals surface area contributed by atoms with Gasteiger partial charge in [0.05, 0.1) is 12.6 Å². The molecule has 0 radical (unpaired) electrons. The van der Waals surface area contributed by atoms with E-state index in [0.29, 0.717) is 44.2 Å². The van der Waals surface area contributed by atoms with Gasteiger partial charge in [-0.25, -0.2) is 4.98 Å². The van der Waals surface area contributed by atoms with Crippen LogP contribution >= 0.6 is 0 Å². The van der Waals surface area contributed by atoms with Crippen LogP contribution in [-0.4, -0.2) is 70.1 Å². The van der Waals surface area contributed by atoms with Crippen LogP contribution in [-0.2, 0) is 20.9 Å². The van der Waals surface area contributed by atoms with Gasteiger partial charge in [-0.2, -0.15) is 0 Å². The van der Waals surface area contributed by atoms with Crippen molar-refractivity contribution >= 4 is 11.8 Å². The predicted octanol–water partition coefficient (Wildman–Crippen LogP) is 0.353. The van der Waals surface area contributed by atoms with Crippen LogP contribution in [0.2, 0.25) is 0 Å². The van der Waals surface area contributed by atoms with E-state index >= 15 is 0 Å². The number of carbonyl (C=O) groups excluding carboxylic acids is 2. The van der Waals surface area contributed by atoms with Gasteiger partial charge in [-0.05, 0) is 25.0 Å². The van der Waals surface area contributed by atoms with Crippen LogP contribution in [0.15, 0.2) is 40.0 Å². The molecule has 4 rings (SSSR count). The molecular formula is C19H22N4O5. The summed E-state index contributed by atoms with van der Waals surface area (Å²) in [6.07, 6.45) is 4.21. The van der Waals surface area contributed by atoms with Gasteiger partial charge in [0.15, 0.2) is 5.76 Å². The summed E-state index contributed by atoms with van der Waals surface area (Å²) in [6.45, 7) is 2.41. The third-order valence-electron chi connectivity index (χ3n) is 5.11. The summed E-state index contributed by atoms with van der Waals surface area (Å²) < 4.78 is 12.0. The number of hydrogen-bond acceptors (Lipinski definition) is 6. The summed E-state index contributed by atoms with van der Waals surface area (Å²) in [6, 6.07) is 4.79. The Morgan fingerprint density at radius 2 is 1.96 bits per heavy atom. The average Bonchev–Trinajstić information content (AvgIpc) is 3.43. The fraction of sp³-hybridized carbons (Fsp3) is 0.474. The number of hydrogen-bond donors (Lipinski definition) is 0. The first kappa shape index (κ1) is 18.4. The molecule has 148 valence electrons. The van der Waals surface area contributed by atoms with Crippen molar-refractivity contribution in [2.45, 2.75) is 25.5 Å². The van der Waals surface area contributed by atoms with Gasteiger partial charge in [-0.15, -0.1) is 0 Å². The molecule has 2 saturated heterocycles. The van der Waals surface area contributed by atoms with Crippen molar-refractivity contribution in [3.63, 3.8) is 0 Å². The molecule has 9 heteroatoms. The lowest BCUT2D eigenvalue weighted by Gasteiger charge is -2.35. The molecule has 0 bridgehead atoms. The third-order valence-corrected chi connectivity index (χ3v) is 5.11. The van der Waals surface area contributed by atoms with E-state index in [9.17, 15) is 14.4 Å². The van der Waals surface area contributed by atoms with Crippen LogP contribution in [0.5, 0.6) is 0 Å². The van der Waals surface area contributed by atoms with Crippen LogP contribution in [0.25, 0.3) is 11.5 Å². The third kappa shape index (κ3) is 3.84. The lowest BCUT2D eigenvalue weighted by Crippen LogP contribution is -2.53. The number of ether oxygens (including phenoxy) is 1. The number of amides is 2. The Balaban J connectivity index is 1.33. The zero-order valence-corrected chi connectivity index (χ0v) is 15.5. The molecule has 2 aliphatic rings. The van der Waals surface area contributed by atoms with Gasteiger partial charge < -0.3 is 19.0 Å². The Morgan fingerprint density at radius 3 is 2.61 bits per heavy atom. The minimum absolute atomic E-state index is 0.0125. The standard InChI is InChI=1S/C19H22N4O5/c24-17-11-14(15-3-1-9-27-15)20-13-23(17)12-18(25)21-5-7-22(8-6-21)19(26)16-4-2-10-28-16/h1,3,9,11,13,16H,2,4-8,10,12H2. The summed E-state index contributed by atoms with van der Waals surface area (Å²) in [7, 11) is 0. The number of nitrogens with zero attached hydrogens (tertiary/aromatic N) is 4. The molecule has 1 atom stereocenters. The first-order valence-electron chi connectivity index (χ1n) is 9.40. The topological polar surface area (TPSA) is 97.9 Å². The molecule has 2 aliphatic heterocycles. The Hall–Kier alpha value is -2.94. The van der Waals surface area contributed by atoms with Crippen LogP contribution in [0.3, 0.4) is 0 Å². The summed E-state index contributed by atoms with van der Waals surface area (Å²) >= 11 is 0. The molecule has 0 saturated carbocycles. The highest BCUT2D eigenvalue weighted by Crippen LogP contribution is 2.16. The smallest absolute Gasteiger partial charge is 0.254 e. The van der Waals surface area contributed by atoms with E-state index in [1.807, 2.05) is 0 Å². The Labute approximate surface area is 161 Å². The molecule has 0 spiro atoms. The highest BCUT2D eigenvalue weighted by molar-refractivity contribution is 5.82. The zero-order chi connectivity index (χ0) is 19.5. The largest absolute Gasteiger partial charge is 0.463 e. The lowest BCUT2D eigenvalue weighted by atomic mass is 10.2. The van der Waals surface area contributed by atoms with E-state index in [2.05, 4.69) is 4.98 Å². The van der Waals surface area contributed by atoms with Gasteiger partial charge in [0, 0.05) is 38.9 Å². The molecule has 0 aliphatic carbocycles. The quantitative estimate of drug-likeness (QED) is 0.752. The Bertz CT molecular complexity index is 893. The summed E-state index contributed by atoms with van der Waals surface area (Å²) in [5.74, 6) is 0.347. The molecule has 9 nitrogen and oxygen atoms in total. The second-order valence-electron chi connectivity index (χ2n) is 6.93. The first-order valence-corrected chi connectivity index (χ1v) is 9.40. The Morgan fingerprint density at radius 1 is 1.18 bits per heavy atom. The van der Waals surface area contributed by atoms with Gasteiger partial charge in [0.1, 0.15) is 18.3 Å². The second kappa shape index (κ2) is 7.97. The highest BCUT2D eigenvalue weighted by atomic mass is 16.5. The van der Waals surface area contributed by atoms with Crippen LogP contribution in [0, 0.1) is 0 Å². The van der Waals surface area contributed by atoms with E-state index in [0.717, 1.165) is 12.8 Å². The van der Waals surface area contributed by atoms with E-state index < -0.39 is 0 Å². The summed E-state index contributed by atoms with van der Waals surface area (Å²) in [5, 5.41) is 0. The SMILES string of the molecule is O=C(Cn1cnc(-c2ccco2)cc1=O)N1CCN(C(=O)C2CCCO2)CC1. The molecule has 2 aromatic rings. The minimum Gasteiger partial charge on any atom is -0.463 e. The highest BCUT2D eigenvalue weighted by Gasteiger charge is 2.31. The fourth-order valence-electron chi connectivity index (χ4n) is 3.50. The van der Waals surface area contributed by atoms with Crippen LogP contribution < -0.4 is 5.56 Å². The molecule has 2 aromatic heterocycles. The second-order valence-corrected chi connectivity index (χ2v) is 6.93. The van der Waals surface area contributed by atoms with Crippen molar-refractivity contribution in [3.05, 3.63) is 41.1 Å². The number of furan rings is 1. The summed E-state index contributed by atoms with van der Waals surface area (Å²) in [4.78, 5) is 44.8. The maximum Gasteiger partial charge on any atom is 0.254 e. The number of carbonyl (C=O) groups is 2. The van der Waals surface area contributed by atoms with Gasteiger partial charge in [-0.1, -0.05) is 0 Å². The van der Waals surface area contributed by atoms with Crippen LogP contribution in [0.1, 0.15) is 12.8 Å². The van der Waals surface area contributed by atoms with Gasteiger partial charge in [0.2, 0.25) is 5.91 Å². The number of piperazine rings is 1. The van der Waals surface area contributed by atoms with Crippen LogP contribution in [0.4, 0.5) is 0 Å². The monoisotopic (exact) mass is 386 g/mol. The van der Waals surface area contributed by atoms with E-state index in [-0.39, 0.29) is 30.0 Å². The Kier molecular flexibility index (Phi) is 5.25. The van der Waals surface area contributed by atoms with Crippen molar-refractivity contribution in [1.29, 1.82) is 0 Å². The minimum atomic E-state index is -0.334. The van der Waals surface area contributed by atoms with Crippen molar-refractivity contribution in [3.8, 4) is 11.5 Å². The molecule has 0 N–H and O–H groups in total. The van der Waals surface area contributed by atoms with E-state index in [1.165, 1.54) is 23.2 Å². The molecule has 1 unspecified atom stereocenters. The van der Waals surface area contributed by atoms with E-state index in [4.69, 9.17) is 9.15 Å². The lowest BCUT2D eigenvalue weighted by molar-refractivity contribution is -0.146. The fourth-order valence-corrected chi connectivity index (χ4v) is 3.50. The molecule has 2 amide bonds. The maximum atomic E-state index is 12.6. The van der Waals surface area contributed by atoms with Crippen molar-refractivity contribution in [2.24, 2.45) is 0 Å². The van der Waals surface area contributed by atoms with E-state index in [1.54, 1.807) is 21.9 Å². The normalized spacial score (nSPS) is 19.8. The van der Waals surface area contributed by atoms with Gasteiger partial charge in [0.25, 0.3) is 11.5 Å². The van der Waals surface area contributed by atoms with Gasteiger partial charge >= 0.3 is 0 Å². The van der Waals surface area contributed by atoms with Crippen molar-refractivity contribution in [1.82, 2.24) is 19.4 Å². The van der Waals surface area contributed by atoms with Crippen molar-refractivity contribution in [2.75, 3.05) is 32.8 Å². The average molecular weight is 386 g/mol. The zero-order valence-electron chi connectivity index (χ0n) is 15.5. The summed E-state index contributed by atoms with van der Waals surface area (Å²) in [5.41, 5.74) is 0.113. The maximum absolute atomic E-state index is 12.6. The number of rotatable bonds is 4. The van der Waals surface area contributed by atoms with Crippen molar-refractivity contribution < 1.29 is 18.7 Å². The molecule has 2 fully saturated rings.